The predicted octanol–water partition coefficient (Wildman–Crippen LogP) is 1.55. The van der Waals surface area contributed by atoms with Crippen LogP contribution >= 0.6 is 11.3 Å². The van der Waals surface area contributed by atoms with Crippen LogP contribution in [0.1, 0.15) is 19.4 Å². The fourth-order valence-electron chi connectivity index (χ4n) is 4.51. The molecular weight excluding hydrogens is 462 g/mol. The van der Waals surface area contributed by atoms with E-state index in [-0.39, 0.29) is 18.7 Å². The van der Waals surface area contributed by atoms with E-state index in [2.05, 4.69) is 9.80 Å². The van der Waals surface area contributed by atoms with Crippen LogP contribution in [0.15, 0.2) is 46.0 Å². The second kappa shape index (κ2) is 9.99. The van der Waals surface area contributed by atoms with Gasteiger partial charge >= 0.3 is 0 Å². The quantitative estimate of drug-likeness (QED) is 0.602. The van der Waals surface area contributed by atoms with E-state index in [0.29, 0.717) is 50.1 Å². The number of aliphatic hydroxyl groups excluding tert-OH is 1. The van der Waals surface area contributed by atoms with Crippen molar-refractivity contribution in [1.29, 1.82) is 0 Å². The maximum absolute atomic E-state index is 13.2. The standard InChI is InChI=1S/C23H33N3O5S2/c1-23(2,28)18-5-7-19(8-6-18)26-10-9-25(33(29,30)22-4-3-13-32-22)15-20(26)14-24-11-12-31-17-21(24)16-27/h3-8,13,20-21,27-28H,9-12,14-17H2,1-2H3/t20-,21+/m0/s1. The maximum atomic E-state index is 13.2. The van der Waals surface area contributed by atoms with Crippen LogP contribution in [0.25, 0.3) is 0 Å². The number of piperazine rings is 1. The second-order valence-corrected chi connectivity index (χ2v) is 12.3. The molecule has 0 spiro atoms. The minimum atomic E-state index is -3.54. The number of hydrogen-bond donors (Lipinski definition) is 2. The van der Waals surface area contributed by atoms with E-state index in [0.717, 1.165) is 11.3 Å². The van der Waals surface area contributed by atoms with E-state index in [1.165, 1.54) is 11.3 Å². The molecule has 1 aromatic carbocycles. The fourth-order valence-corrected chi connectivity index (χ4v) is 7.12. The molecule has 0 amide bonds. The number of rotatable bonds is 7. The number of thiophene rings is 1. The summed E-state index contributed by atoms with van der Waals surface area (Å²) in [6, 6.07) is 11.1. The summed E-state index contributed by atoms with van der Waals surface area (Å²) in [5.74, 6) is 0. The SMILES string of the molecule is CC(C)(O)c1ccc(N2CCN(S(=O)(=O)c3cccs3)C[C@@H]2CN2CCOC[C@H]2CO)cc1. The minimum Gasteiger partial charge on any atom is -0.395 e. The molecule has 2 fully saturated rings. The van der Waals surface area contributed by atoms with Crippen molar-refractivity contribution in [2.45, 2.75) is 35.7 Å². The molecule has 8 nitrogen and oxygen atoms in total. The van der Waals surface area contributed by atoms with E-state index < -0.39 is 15.6 Å². The Kier molecular flexibility index (Phi) is 7.44. The molecule has 0 aliphatic carbocycles. The van der Waals surface area contributed by atoms with Gasteiger partial charge in [-0.1, -0.05) is 18.2 Å². The first kappa shape index (κ1) is 24.6. The number of benzene rings is 1. The van der Waals surface area contributed by atoms with Gasteiger partial charge in [-0.25, -0.2) is 8.42 Å². The number of ether oxygens (including phenoxy) is 1. The normalized spacial score (nSPS) is 23.7. The lowest BCUT2D eigenvalue weighted by Crippen LogP contribution is -2.60. The Morgan fingerprint density at radius 2 is 1.88 bits per heavy atom. The Labute approximate surface area is 200 Å². The van der Waals surface area contributed by atoms with Crippen LogP contribution in [0.4, 0.5) is 5.69 Å². The summed E-state index contributed by atoms with van der Waals surface area (Å²) in [5.41, 5.74) is 0.901. The van der Waals surface area contributed by atoms with Gasteiger partial charge in [0.15, 0.2) is 0 Å². The third kappa shape index (κ3) is 5.43. The highest BCUT2D eigenvalue weighted by atomic mass is 32.2. The molecule has 2 aliphatic heterocycles. The average Bonchev–Trinajstić information content (AvgIpc) is 3.35. The number of hydrogen-bond acceptors (Lipinski definition) is 8. The molecule has 0 saturated carbocycles. The van der Waals surface area contributed by atoms with Crippen molar-refractivity contribution >= 4 is 27.0 Å². The predicted molar refractivity (Wildman–Crippen MR) is 129 cm³/mol. The summed E-state index contributed by atoms with van der Waals surface area (Å²) >= 11 is 1.24. The Bertz CT molecular complexity index is 1010. The minimum absolute atomic E-state index is 0.00417. The first-order valence-electron chi connectivity index (χ1n) is 11.3. The van der Waals surface area contributed by atoms with Crippen molar-refractivity contribution in [3.8, 4) is 0 Å². The van der Waals surface area contributed by atoms with Crippen LogP contribution < -0.4 is 4.90 Å². The molecule has 2 saturated heterocycles. The molecule has 1 aromatic heterocycles. The Hall–Kier alpha value is -1.53. The van der Waals surface area contributed by atoms with Crippen molar-refractivity contribution in [2.75, 3.05) is 57.4 Å². The highest BCUT2D eigenvalue weighted by Gasteiger charge is 2.37. The third-order valence-corrected chi connectivity index (χ3v) is 9.68. The van der Waals surface area contributed by atoms with Gasteiger partial charge in [-0.05, 0) is 43.0 Å². The van der Waals surface area contributed by atoms with Crippen LogP contribution in [-0.2, 0) is 20.4 Å². The van der Waals surface area contributed by atoms with Crippen molar-refractivity contribution in [1.82, 2.24) is 9.21 Å². The van der Waals surface area contributed by atoms with Gasteiger partial charge in [0.1, 0.15) is 4.21 Å². The lowest BCUT2D eigenvalue weighted by molar-refractivity contribution is -0.0308. The van der Waals surface area contributed by atoms with Crippen molar-refractivity contribution in [2.24, 2.45) is 0 Å². The van der Waals surface area contributed by atoms with Crippen molar-refractivity contribution < 1.29 is 23.4 Å². The summed E-state index contributed by atoms with van der Waals surface area (Å²) in [6.45, 7) is 7.23. The Morgan fingerprint density at radius 1 is 1.12 bits per heavy atom. The van der Waals surface area contributed by atoms with Gasteiger partial charge in [-0.2, -0.15) is 4.31 Å². The zero-order valence-corrected chi connectivity index (χ0v) is 20.8. The molecule has 182 valence electrons. The van der Waals surface area contributed by atoms with Gasteiger partial charge in [0.2, 0.25) is 0 Å². The van der Waals surface area contributed by atoms with Gasteiger partial charge in [-0.15, -0.1) is 11.3 Å². The molecule has 0 unspecified atom stereocenters. The van der Waals surface area contributed by atoms with Crippen LogP contribution in [0.5, 0.6) is 0 Å². The lowest BCUT2D eigenvalue weighted by atomic mass is 9.98. The molecule has 2 aliphatic rings. The van der Waals surface area contributed by atoms with E-state index in [1.54, 1.807) is 35.7 Å². The van der Waals surface area contributed by atoms with E-state index in [1.807, 2.05) is 24.3 Å². The lowest BCUT2D eigenvalue weighted by Gasteiger charge is -2.45. The molecule has 33 heavy (non-hydrogen) atoms. The number of sulfonamides is 1. The molecule has 2 N–H and O–H groups in total. The molecular formula is C23H33N3O5S2. The third-order valence-electron chi connectivity index (χ3n) is 6.45. The van der Waals surface area contributed by atoms with Crippen molar-refractivity contribution in [3.05, 3.63) is 47.3 Å². The van der Waals surface area contributed by atoms with Crippen LogP contribution in [0, 0.1) is 0 Å². The van der Waals surface area contributed by atoms with Gasteiger partial charge in [0, 0.05) is 38.4 Å². The number of nitrogens with zero attached hydrogens (tertiary/aromatic N) is 3. The first-order valence-corrected chi connectivity index (χ1v) is 13.6. The molecule has 0 bridgehead atoms. The monoisotopic (exact) mass is 495 g/mol. The van der Waals surface area contributed by atoms with Crippen LogP contribution in [-0.4, -0.2) is 92.5 Å². The summed E-state index contributed by atoms with van der Waals surface area (Å²) < 4.78 is 33.9. The van der Waals surface area contributed by atoms with Gasteiger partial charge in [-0.3, -0.25) is 4.90 Å². The number of aliphatic hydroxyl groups is 2. The smallest absolute Gasteiger partial charge is 0.252 e. The van der Waals surface area contributed by atoms with Crippen LogP contribution in [0.3, 0.4) is 0 Å². The topological polar surface area (TPSA) is 93.6 Å². The summed E-state index contributed by atoms with van der Waals surface area (Å²) in [5, 5.41) is 21.9. The van der Waals surface area contributed by atoms with E-state index >= 15 is 0 Å². The zero-order valence-electron chi connectivity index (χ0n) is 19.1. The first-order chi connectivity index (χ1) is 15.7. The molecule has 3 heterocycles. The molecule has 2 aromatic rings. The zero-order chi connectivity index (χ0) is 23.6. The van der Waals surface area contributed by atoms with Gasteiger partial charge in [0.25, 0.3) is 10.0 Å². The summed E-state index contributed by atoms with van der Waals surface area (Å²) in [4.78, 5) is 4.45. The Balaban J connectivity index is 1.60. The van der Waals surface area contributed by atoms with Crippen molar-refractivity contribution in [3.63, 3.8) is 0 Å². The number of morpholine rings is 1. The summed E-state index contributed by atoms with van der Waals surface area (Å²) in [6.07, 6.45) is 0. The van der Waals surface area contributed by atoms with Crippen LogP contribution in [0.2, 0.25) is 0 Å². The molecule has 2 atom stereocenters. The highest BCUT2D eigenvalue weighted by Crippen LogP contribution is 2.29. The molecule has 4 rings (SSSR count). The van der Waals surface area contributed by atoms with E-state index in [4.69, 9.17) is 4.74 Å². The van der Waals surface area contributed by atoms with E-state index in [9.17, 15) is 18.6 Å². The Morgan fingerprint density at radius 3 is 2.52 bits per heavy atom. The molecule has 10 heteroatoms. The second-order valence-electron chi connectivity index (χ2n) is 9.15. The highest BCUT2D eigenvalue weighted by molar-refractivity contribution is 7.91. The number of anilines is 1. The molecule has 0 radical (unpaired) electrons. The van der Waals surface area contributed by atoms with Gasteiger partial charge < -0.3 is 19.8 Å². The largest absolute Gasteiger partial charge is 0.395 e. The maximum Gasteiger partial charge on any atom is 0.252 e. The van der Waals surface area contributed by atoms with Gasteiger partial charge in [0.05, 0.1) is 37.5 Å². The average molecular weight is 496 g/mol. The fraction of sp³-hybridized carbons (Fsp3) is 0.565. The summed E-state index contributed by atoms with van der Waals surface area (Å²) in [7, 11) is -3.54.